The van der Waals surface area contributed by atoms with Crippen molar-refractivity contribution < 1.29 is 9.59 Å². The Morgan fingerprint density at radius 3 is 2.80 bits per heavy atom. The maximum absolute atomic E-state index is 10.6. The van der Waals surface area contributed by atoms with E-state index in [1.54, 1.807) is 0 Å². The van der Waals surface area contributed by atoms with Crippen LogP contribution in [0.5, 0.6) is 0 Å². The second-order valence-electron chi connectivity index (χ2n) is 1.84. The SMILES string of the molecule is NCC[14C](=O)NCCC=O. The molecule has 3 N–H and O–H groups in total. The quantitative estimate of drug-likeness (QED) is 0.387. The molecule has 0 spiro atoms. The van der Waals surface area contributed by atoms with Gasteiger partial charge in [0.2, 0.25) is 5.91 Å². The molecule has 0 aromatic rings. The predicted molar refractivity (Wildman–Crippen MR) is 37.4 cm³/mol. The first-order valence-electron chi connectivity index (χ1n) is 3.21. The van der Waals surface area contributed by atoms with Crippen LogP contribution in [0.1, 0.15) is 12.8 Å². The molecule has 0 atom stereocenters. The molecule has 0 heterocycles. The van der Waals surface area contributed by atoms with E-state index in [9.17, 15) is 9.59 Å². The third-order valence-electron chi connectivity index (χ3n) is 0.956. The fourth-order valence-corrected chi connectivity index (χ4v) is 0.490. The zero-order chi connectivity index (χ0) is 7.82. The number of hydrogen-bond donors (Lipinski definition) is 2. The van der Waals surface area contributed by atoms with Crippen LogP contribution in [0.25, 0.3) is 0 Å². The van der Waals surface area contributed by atoms with E-state index in [1.165, 1.54) is 0 Å². The van der Waals surface area contributed by atoms with Gasteiger partial charge < -0.3 is 15.8 Å². The van der Waals surface area contributed by atoms with Crippen LogP contribution in [-0.4, -0.2) is 25.3 Å². The van der Waals surface area contributed by atoms with Crippen LogP contribution < -0.4 is 11.1 Å². The Morgan fingerprint density at radius 2 is 2.30 bits per heavy atom. The minimum absolute atomic E-state index is 0.0932. The van der Waals surface area contributed by atoms with Crippen LogP contribution in [-0.2, 0) is 9.59 Å². The van der Waals surface area contributed by atoms with Gasteiger partial charge in [0.15, 0.2) is 0 Å². The topological polar surface area (TPSA) is 72.2 Å². The fraction of sp³-hybridized carbons (Fsp3) is 0.667. The number of amides is 1. The third-order valence-corrected chi connectivity index (χ3v) is 0.956. The number of carbonyl (C=O) groups is 2. The van der Waals surface area contributed by atoms with Gasteiger partial charge in [-0.15, -0.1) is 0 Å². The maximum Gasteiger partial charge on any atom is 0.221 e. The van der Waals surface area contributed by atoms with Crippen molar-refractivity contribution in [1.82, 2.24) is 5.32 Å². The van der Waals surface area contributed by atoms with Crippen LogP contribution in [0.2, 0.25) is 0 Å². The number of aldehydes is 1. The van der Waals surface area contributed by atoms with E-state index in [1.807, 2.05) is 0 Å². The second kappa shape index (κ2) is 6.22. The van der Waals surface area contributed by atoms with Crippen molar-refractivity contribution in [3.63, 3.8) is 0 Å². The summed E-state index contributed by atoms with van der Waals surface area (Å²) in [7, 11) is 0. The first kappa shape index (κ1) is 9.10. The summed E-state index contributed by atoms with van der Waals surface area (Å²) >= 11 is 0. The predicted octanol–water partition coefficient (Wildman–Crippen LogP) is -0.960. The molecular formula is C6H12N2O2. The first-order chi connectivity index (χ1) is 4.81. The van der Waals surface area contributed by atoms with E-state index in [-0.39, 0.29) is 5.91 Å². The monoisotopic (exact) mass is 146 g/mol. The van der Waals surface area contributed by atoms with Gasteiger partial charge >= 0.3 is 0 Å². The lowest BCUT2D eigenvalue weighted by Crippen LogP contribution is -2.26. The first-order valence-corrected chi connectivity index (χ1v) is 3.21. The van der Waals surface area contributed by atoms with Gasteiger partial charge in [-0.05, 0) is 0 Å². The summed E-state index contributed by atoms with van der Waals surface area (Å²) in [5.74, 6) is -0.0932. The van der Waals surface area contributed by atoms with Gasteiger partial charge in [-0.25, -0.2) is 0 Å². The van der Waals surface area contributed by atoms with E-state index < -0.39 is 0 Å². The second-order valence-corrected chi connectivity index (χ2v) is 1.84. The van der Waals surface area contributed by atoms with Gasteiger partial charge in [-0.1, -0.05) is 0 Å². The summed E-state index contributed by atoms with van der Waals surface area (Å²) in [5.41, 5.74) is 5.10. The van der Waals surface area contributed by atoms with Crippen molar-refractivity contribution >= 4 is 12.2 Å². The summed E-state index contributed by atoms with van der Waals surface area (Å²) in [4.78, 5) is 20.4. The van der Waals surface area contributed by atoms with Gasteiger partial charge in [-0.2, -0.15) is 0 Å². The molecule has 0 bridgehead atoms. The Morgan fingerprint density at radius 1 is 1.60 bits per heavy atom. The van der Waals surface area contributed by atoms with Crippen LogP contribution in [0.15, 0.2) is 0 Å². The normalized spacial score (nSPS) is 8.90. The maximum atomic E-state index is 10.6. The molecule has 0 aliphatic heterocycles. The van der Waals surface area contributed by atoms with Crippen LogP contribution in [0.3, 0.4) is 0 Å². The smallest absolute Gasteiger partial charge is 0.221 e. The number of hydrogen-bond acceptors (Lipinski definition) is 3. The molecule has 0 unspecified atom stereocenters. The number of nitrogens with two attached hydrogens (primary N) is 1. The Balaban J connectivity index is 3.13. The Kier molecular flexibility index (Phi) is 5.66. The van der Waals surface area contributed by atoms with E-state index in [0.29, 0.717) is 25.9 Å². The standard InChI is InChI=1S/C6H12N2O2/c7-3-2-6(10)8-4-1-5-9/h5H,1-4,7H2,(H,8,10)/i6+2. The van der Waals surface area contributed by atoms with E-state index in [0.717, 1.165) is 6.29 Å². The summed E-state index contributed by atoms with van der Waals surface area (Å²) in [6.45, 7) is 0.773. The van der Waals surface area contributed by atoms with Crippen molar-refractivity contribution in [3.05, 3.63) is 0 Å². The Labute approximate surface area is 59.8 Å². The minimum atomic E-state index is -0.0932. The zero-order valence-electron chi connectivity index (χ0n) is 5.80. The average Bonchev–Trinajstić information content (AvgIpc) is 1.89. The molecule has 4 heteroatoms. The van der Waals surface area contributed by atoms with Gasteiger partial charge in [0, 0.05) is 25.9 Å². The van der Waals surface area contributed by atoms with Crippen LogP contribution in [0, 0.1) is 0 Å². The lowest BCUT2D eigenvalue weighted by Gasteiger charge is -1.98. The summed E-state index contributed by atoms with van der Waals surface area (Å²) < 4.78 is 0. The summed E-state index contributed by atoms with van der Waals surface area (Å²) in [5, 5.41) is 2.53. The van der Waals surface area contributed by atoms with Gasteiger partial charge in [-0.3, -0.25) is 4.79 Å². The molecule has 0 rings (SSSR count). The molecule has 0 aromatic heterocycles. The lowest BCUT2D eigenvalue weighted by atomic mass is 10.5. The van der Waals surface area contributed by atoms with Crippen molar-refractivity contribution in [2.24, 2.45) is 5.73 Å². The summed E-state index contributed by atoms with van der Waals surface area (Å²) in [6, 6.07) is 0. The highest BCUT2D eigenvalue weighted by Gasteiger charge is 1.95. The molecule has 0 fully saturated rings. The lowest BCUT2D eigenvalue weighted by molar-refractivity contribution is -0.120. The summed E-state index contributed by atoms with van der Waals surface area (Å²) in [6.07, 6.45) is 1.47. The molecule has 1 amide bonds. The molecule has 0 radical (unpaired) electrons. The molecule has 4 nitrogen and oxygen atoms in total. The van der Waals surface area contributed by atoms with Crippen molar-refractivity contribution in [3.8, 4) is 0 Å². The van der Waals surface area contributed by atoms with Crippen molar-refractivity contribution in [1.29, 1.82) is 0 Å². The zero-order valence-corrected chi connectivity index (χ0v) is 5.80. The molecule has 0 saturated heterocycles. The van der Waals surface area contributed by atoms with Gasteiger partial charge in [0.1, 0.15) is 6.29 Å². The van der Waals surface area contributed by atoms with Crippen molar-refractivity contribution in [2.45, 2.75) is 12.8 Å². The van der Waals surface area contributed by atoms with Gasteiger partial charge in [0.25, 0.3) is 0 Å². The van der Waals surface area contributed by atoms with E-state index >= 15 is 0 Å². The highest BCUT2D eigenvalue weighted by Crippen LogP contribution is 1.74. The van der Waals surface area contributed by atoms with Crippen molar-refractivity contribution in [2.75, 3.05) is 13.1 Å². The Bertz CT molecular complexity index is 114. The molecule has 58 valence electrons. The fourth-order valence-electron chi connectivity index (χ4n) is 0.490. The number of nitrogens with one attached hydrogen (secondary N) is 1. The Hall–Kier alpha value is -0.900. The van der Waals surface area contributed by atoms with E-state index in [4.69, 9.17) is 5.73 Å². The molecule has 0 aliphatic rings. The molecule has 0 aromatic carbocycles. The molecule has 10 heavy (non-hydrogen) atoms. The molecular weight excluding hydrogens is 134 g/mol. The number of rotatable bonds is 5. The van der Waals surface area contributed by atoms with Crippen LogP contribution >= 0.6 is 0 Å². The third kappa shape index (κ3) is 5.24. The van der Waals surface area contributed by atoms with Crippen LogP contribution in [0.4, 0.5) is 0 Å². The minimum Gasteiger partial charge on any atom is -0.356 e. The molecule has 0 saturated carbocycles. The van der Waals surface area contributed by atoms with Gasteiger partial charge in [0.05, 0.1) is 0 Å². The highest BCUT2D eigenvalue weighted by atomic mass is 16.3. The largest absolute Gasteiger partial charge is 0.356 e. The average molecular weight is 146 g/mol. The number of carbonyl (C=O) groups excluding carboxylic acids is 2. The van der Waals surface area contributed by atoms with E-state index in [2.05, 4.69) is 5.32 Å². The highest BCUT2D eigenvalue weighted by molar-refractivity contribution is 5.76. The molecule has 0 aliphatic carbocycles.